The van der Waals surface area contributed by atoms with E-state index < -0.39 is 53.5 Å². The summed E-state index contributed by atoms with van der Waals surface area (Å²) in [6.07, 6.45) is 3.77. The molecular weight excluding hydrogens is 831 g/mol. The molecule has 0 spiro atoms. The van der Waals surface area contributed by atoms with Gasteiger partial charge in [-0.1, -0.05) is 80.9 Å². The van der Waals surface area contributed by atoms with Crippen LogP contribution in [0.25, 0.3) is 22.3 Å². The van der Waals surface area contributed by atoms with Crippen molar-refractivity contribution < 1.29 is 59.7 Å². The Kier molecular flexibility index (Phi) is 19.1. The third-order valence-corrected chi connectivity index (χ3v) is 11.5. The van der Waals surface area contributed by atoms with Crippen LogP contribution in [0.3, 0.4) is 0 Å². The van der Waals surface area contributed by atoms with Gasteiger partial charge in [-0.2, -0.15) is 0 Å². The molecule has 14 nitrogen and oxygen atoms in total. The fourth-order valence-corrected chi connectivity index (χ4v) is 8.01. The maximum absolute atomic E-state index is 14.5. The van der Waals surface area contributed by atoms with Crippen molar-refractivity contribution in [3.63, 3.8) is 0 Å². The van der Waals surface area contributed by atoms with Gasteiger partial charge in [0.25, 0.3) is 0 Å². The van der Waals surface area contributed by atoms with Crippen molar-refractivity contribution in [3.8, 4) is 33.8 Å². The summed E-state index contributed by atoms with van der Waals surface area (Å²) in [5.41, 5.74) is 8.91. The minimum absolute atomic E-state index is 0.0810. The zero-order valence-electron chi connectivity index (χ0n) is 37.6. The number of aromatic hydroxyl groups is 2. The summed E-state index contributed by atoms with van der Waals surface area (Å²) >= 11 is 0. The smallest absolute Gasteiger partial charge is 0.326 e. The van der Waals surface area contributed by atoms with E-state index in [1.54, 1.807) is 12.1 Å². The van der Waals surface area contributed by atoms with E-state index >= 15 is 0 Å². The first-order valence-corrected chi connectivity index (χ1v) is 22.1. The number of quaternary nitrogens is 1. The van der Waals surface area contributed by atoms with E-state index in [0.717, 1.165) is 37.3 Å². The Morgan fingerprint density at radius 2 is 1.43 bits per heavy atom. The number of likely N-dealkylation sites (N-methyl/N-ethyl adjacent to an activating group) is 1. The molecule has 0 saturated carbocycles. The standard InChI is InChI=1S/C49H57N3O9.C2H4O2/c1-4-8-31-12-15-33(16-13-31)34-17-19-35(20-18-34)42(54)11-7-10-38(53)28-37(9-5-6-24-50)48(59)52(3)46-36-21-23-44(56)40(29-36)39-26-32(14-22-43(39)55)27-41(49(60)61)51-47(58)30(2)25-45(46)57;1-2(3)4/h12-23,26,29-30,37,41,46,55-56H,4-11,24-25,27-28,50H2,1-3H3,(H,51,58)(H,60,61);1H3,(H,3,4)/t30-,37-,41+,46+;/m1./s1. The van der Waals surface area contributed by atoms with E-state index in [9.17, 15) is 44.1 Å². The summed E-state index contributed by atoms with van der Waals surface area (Å²) < 4.78 is 0. The van der Waals surface area contributed by atoms with Crippen molar-refractivity contribution in [2.24, 2.45) is 11.8 Å². The molecule has 1 aliphatic heterocycles. The molecule has 1 heterocycles. The Morgan fingerprint density at radius 1 is 0.831 bits per heavy atom. The van der Waals surface area contributed by atoms with Gasteiger partial charge in [0.1, 0.15) is 29.4 Å². The number of nitrogens with zero attached hydrogens (tertiary/aromatic N) is 1. The molecule has 346 valence electrons. The molecule has 4 atom stereocenters. The summed E-state index contributed by atoms with van der Waals surface area (Å²) in [6, 6.07) is 22.0. The molecule has 2 amide bonds. The number of aliphatic carboxylic acids is 2. The van der Waals surface area contributed by atoms with Gasteiger partial charge in [0, 0.05) is 73.6 Å². The Labute approximate surface area is 379 Å². The second-order valence-electron chi connectivity index (χ2n) is 16.7. The highest BCUT2D eigenvalue weighted by atomic mass is 16.4. The number of unbranched alkanes of at least 4 members (excludes halogenated alkanes) is 1. The number of amides is 2. The van der Waals surface area contributed by atoms with E-state index in [2.05, 4.69) is 42.2 Å². The molecule has 0 saturated heterocycles. The quantitative estimate of drug-likeness (QED) is 0.0663. The van der Waals surface area contributed by atoms with Crippen LogP contribution in [-0.4, -0.2) is 81.0 Å². The maximum Gasteiger partial charge on any atom is 0.326 e. The van der Waals surface area contributed by atoms with Crippen LogP contribution in [0.5, 0.6) is 11.5 Å². The van der Waals surface area contributed by atoms with Crippen molar-refractivity contribution >= 4 is 41.1 Å². The Balaban J connectivity index is 0.00000222. The van der Waals surface area contributed by atoms with Gasteiger partial charge in [-0.05, 0) is 91.1 Å². The van der Waals surface area contributed by atoms with Crippen LogP contribution >= 0.6 is 0 Å². The number of ketones is 3. The minimum Gasteiger partial charge on any atom is -0.550 e. The summed E-state index contributed by atoms with van der Waals surface area (Å²) in [6.45, 7) is 5.26. The SMILES string of the molecule is CC(=O)[O-].CCCc1ccc(-c2ccc(C(=O)CCCC(=O)C[C@@H](CCCC[NH3+])C(=O)N(C)[C@@H]3C(=O)C[C@@H](C)C(=O)N[C@H](C(=O)O)Cc4ccc(O)c(c4)-c4cc3ccc4O)cc2)cc1. The number of fused-ring (bicyclic) bond motifs is 5. The molecule has 0 fully saturated rings. The molecule has 1 aliphatic rings. The molecule has 65 heavy (non-hydrogen) atoms. The van der Waals surface area contributed by atoms with Gasteiger partial charge in [0.2, 0.25) is 11.8 Å². The Morgan fingerprint density at radius 3 is 2.03 bits per heavy atom. The van der Waals surface area contributed by atoms with Crippen molar-refractivity contribution in [2.45, 2.75) is 103 Å². The lowest BCUT2D eigenvalue weighted by molar-refractivity contribution is -0.368. The highest BCUT2D eigenvalue weighted by Gasteiger charge is 2.36. The van der Waals surface area contributed by atoms with E-state index in [1.807, 2.05) is 12.1 Å². The number of carboxylic acids is 2. The van der Waals surface area contributed by atoms with Crippen LogP contribution in [0.15, 0.2) is 84.9 Å². The minimum atomic E-state index is -1.34. The molecule has 0 aromatic heterocycles. The van der Waals surface area contributed by atoms with Crippen LogP contribution in [0.4, 0.5) is 0 Å². The van der Waals surface area contributed by atoms with Crippen LogP contribution in [-0.2, 0) is 41.6 Å². The van der Waals surface area contributed by atoms with E-state index in [-0.39, 0.29) is 66.3 Å². The lowest BCUT2D eigenvalue weighted by atomic mass is 9.88. The molecule has 4 aromatic rings. The number of carbonyl (C=O) groups is 7. The lowest BCUT2D eigenvalue weighted by Gasteiger charge is -2.32. The van der Waals surface area contributed by atoms with Crippen LogP contribution in [0, 0.1) is 11.8 Å². The first-order valence-electron chi connectivity index (χ1n) is 22.1. The number of rotatable bonds is 17. The third-order valence-electron chi connectivity index (χ3n) is 11.5. The van der Waals surface area contributed by atoms with E-state index in [4.69, 9.17) is 9.90 Å². The molecular formula is C51H61N3O11. The average Bonchev–Trinajstić information content (AvgIpc) is 3.26. The van der Waals surface area contributed by atoms with E-state index in [0.29, 0.717) is 42.5 Å². The number of benzene rings is 4. The van der Waals surface area contributed by atoms with Crippen molar-refractivity contribution in [1.82, 2.24) is 10.2 Å². The highest BCUT2D eigenvalue weighted by Crippen LogP contribution is 2.39. The van der Waals surface area contributed by atoms with Crippen molar-refractivity contribution in [3.05, 3.63) is 107 Å². The Bertz CT molecular complexity index is 2320. The largest absolute Gasteiger partial charge is 0.550 e. The molecule has 4 bridgehead atoms. The zero-order valence-corrected chi connectivity index (χ0v) is 37.6. The molecule has 5 rings (SSSR count). The number of phenolic OH excluding ortho intramolecular Hbond substituents is 2. The molecule has 0 aliphatic carbocycles. The van der Waals surface area contributed by atoms with Gasteiger partial charge in [0.05, 0.1) is 6.54 Å². The molecule has 14 heteroatoms. The molecule has 7 N–H and O–H groups in total. The normalized spacial score (nSPS) is 16.5. The lowest BCUT2D eigenvalue weighted by Crippen LogP contribution is -2.50. The summed E-state index contributed by atoms with van der Waals surface area (Å²) in [5, 5.41) is 43.2. The number of nitrogens with one attached hydrogen (secondary N) is 1. The summed E-state index contributed by atoms with van der Waals surface area (Å²) in [7, 11) is 1.47. The monoisotopic (exact) mass is 891 g/mol. The van der Waals surface area contributed by atoms with Gasteiger partial charge in [-0.3, -0.25) is 24.0 Å². The van der Waals surface area contributed by atoms with Gasteiger partial charge < -0.3 is 41.2 Å². The van der Waals surface area contributed by atoms with Crippen LogP contribution in [0.1, 0.15) is 112 Å². The zero-order chi connectivity index (χ0) is 47.8. The fourth-order valence-electron chi connectivity index (χ4n) is 8.01. The molecule has 0 unspecified atom stereocenters. The van der Waals surface area contributed by atoms with Gasteiger partial charge in [-0.15, -0.1) is 0 Å². The van der Waals surface area contributed by atoms with Crippen molar-refractivity contribution in [1.29, 1.82) is 0 Å². The number of carbonyl (C=O) groups excluding carboxylic acids is 6. The number of carboxylic acid groups (broad SMARTS) is 2. The van der Waals surface area contributed by atoms with Gasteiger partial charge >= 0.3 is 5.97 Å². The third kappa shape index (κ3) is 14.7. The topological polar surface area (TPSA) is 246 Å². The first kappa shape index (κ1) is 51.0. The van der Waals surface area contributed by atoms with E-state index in [1.165, 1.54) is 60.8 Å². The van der Waals surface area contributed by atoms with Crippen LogP contribution < -0.4 is 16.2 Å². The number of hydrogen-bond acceptors (Lipinski definition) is 10. The average molecular weight is 892 g/mol. The predicted molar refractivity (Wildman–Crippen MR) is 242 cm³/mol. The highest BCUT2D eigenvalue weighted by molar-refractivity contribution is 5.97. The summed E-state index contributed by atoms with van der Waals surface area (Å²) in [4.78, 5) is 91.0. The first-order chi connectivity index (χ1) is 30.9. The van der Waals surface area contributed by atoms with Gasteiger partial charge in [-0.25, -0.2) is 4.79 Å². The second-order valence-corrected chi connectivity index (χ2v) is 16.7. The summed E-state index contributed by atoms with van der Waals surface area (Å²) in [5.74, 6) is -6.47. The maximum atomic E-state index is 14.5. The fraction of sp³-hybridized carbons (Fsp3) is 0.392. The van der Waals surface area contributed by atoms with Gasteiger partial charge in [0.15, 0.2) is 11.6 Å². The number of hydrogen-bond donors (Lipinski definition) is 5. The molecule has 0 radical (unpaired) electrons. The predicted octanol–water partition coefficient (Wildman–Crippen LogP) is 5.40. The van der Waals surface area contributed by atoms with Crippen molar-refractivity contribution in [2.75, 3.05) is 13.6 Å². The number of phenols is 2. The Hall–Kier alpha value is -6.67. The second kappa shape index (κ2) is 24.4. The number of aryl methyl sites for hydroxylation is 1. The molecule has 4 aromatic carbocycles. The number of Topliss-reactive ketones (excluding diaryl/α,β-unsaturated/α-hetero) is 3. The van der Waals surface area contributed by atoms with Crippen LogP contribution in [0.2, 0.25) is 0 Å².